The summed E-state index contributed by atoms with van der Waals surface area (Å²) in [7, 11) is -3.57. The highest BCUT2D eigenvalue weighted by molar-refractivity contribution is 7.89. The van der Waals surface area contributed by atoms with Crippen LogP contribution in [-0.4, -0.2) is 61.7 Å². The normalized spacial score (nSPS) is 19.7. The quantitative estimate of drug-likeness (QED) is 0.785. The Morgan fingerprint density at radius 2 is 1.47 bits per heavy atom. The van der Waals surface area contributed by atoms with Crippen molar-refractivity contribution in [2.75, 3.05) is 26.2 Å². The molecule has 2 aliphatic rings. The Bertz CT molecular complexity index is 889. The van der Waals surface area contributed by atoms with Gasteiger partial charge in [0, 0.05) is 45.1 Å². The van der Waals surface area contributed by atoms with Crippen LogP contribution in [0, 0.1) is 26.7 Å². The zero-order chi connectivity index (χ0) is 22.1. The van der Waals surface area contributed by atoms with Crippen molar-refractivity contribution in [2.24, 2.45) is 5.92 Å². The molecule has 0 aliphatic carbocycles. The first-order valence-corrected chi connectivity index (χ1v) is 12.2. The molecule has 166 valence electrons. The van der Waals surface area contributed by atoms with Crippen LogP contribution >= 0.6 is 0 Å². The summed E-state index contributed by atoms with van der Waals surface area (Å²) in [4.78, 5) is 26.3. The molecule has 8 heteroatoms. The Balaban J connectivity index is 1.57. The molecular weight excluding hydrogens is 402 g/mol. The standard InChI is InChI=1S/C22H33N3O4S/c1-15-13-16(2)21(17(3)14-15)30(28,29)25-11-5-19(6-12-25)22(27)23-20-7-9-24(10-8-20)18(4)26/h13-14,19-20H,5-12H2,1-4H3,(H,23,27). The van der Waals surface area contributed by atoms with E-state index in [4.69, 9.17) is 0 Å². The van der Waals surface area contributed by atoms with Crippen LogP contribution in [0.3, 0.4) is 0 Å². The predicted molar refractivity (Wildman–Crippen MR) is 116 cm³/mol. The summed E-state index contributed by atoms with van der Waals surface area (Å²) in [5.41, 5.74) is 2.59. The first kappa shape index (κ1) is 22.7. The van der Waals surface area contributed by atoms with Gasteiger partial charge in [-0.05, 0) is 57.6 Å². The van der Waals surface area contributed by atoms with Gasteiger partial charge in [-0.3, -0.25) is 9.59 Å². The lowest BCUT2D eigenvalue weighted by Crippen LogP contribution is -2.49. The van der Waals surface area contributed by atoms with Gasteiger partial charge >= 0.3 is 0 Å². The van der Waals surface area contributed by atoms with E-state index >= 15 is 0 Å². The highest BCUT2D eigenvalue weighted by Crippen LogP contribution is 2.29. The van der Waals surface area contributed by atoms with Crippen LogP contribution in [-0.2, 0) is 19.6 Å². The summed E-state index contributed by atoms with van der Waals surface area (Å²) in [6.07, 6.45) is 2.59. The second-order valence-corrected chi connectivity index (χ2v) is 10.6. The number of hydrogen-bond acceptors (Lipinski definition) is 4. The van der Waals surface area contributed by atoms with E-state index in [2.05, 4.69) is 5.32 Å². The molecule has 3 rings (SSSR count). The van der Waals surface area contributed by atoms with E-state index < -0.39 is 10.0 Å². The molecule has 7 nitrogen and oxygen atoms in total. The van der Waals surface area contributed by atoms with Gasteiger partial charge < -0.3 is 10.2 Å². The summed E-state index contributed by atoms with van der Waals surface area (Å²) < 4.78 is 27.9. The highest BCUT2D eigenvalue weighted by Gasteiger charge is 2.34. The number of carbonyl (C=O) groups is 2. The average Bonchev–Trinajstić information content (AvgIpc) is 2.67. The van der Waals surface area contributed by atoms with Gasteiger partial charge in [0.15, 0.2) is 0 Å². The zero-order valence-electron chi connectivity index (χ0n) is 18.4. The molecule has 0 aromatic heterocycles. The van der Waals surface area contributed by atoms with Crippen LogP contribution in [0.1, 0.15) is 49.3 Å². The molecule has 1 aromatic rings. The molecule has 0 unspecified atom stereocenters. The summed E-state index contributed by atoms with van der Waals surface area (Å²) in [6, 6.07) is 3.89. The number of likely N-dealkylation sites (tertiary alicyclic amines) is 1. The largest absolute Gasteiger partial charge is 0.353 e. The van der Waals surface area contributed by atoms with Crippen molar-refractivity contribution < 1.29 is 18.0 Å². The van der Waals surface area contributed by atoms with Gasteiger partial charge in [-0.15, -0.1) is 0 Å². The van der Waals surface area contributed by atoms with Gasteiger partial charge in [0.1, 0.15) is 0 Å². The molecule has 2 amide bonds. The molecule has 2 fully saturated rings. The minimum atomic E-state index is -3.57. The molecule has 0 spiro atoms. The molecule has 2 saturated heterocycles. The van der Waals surface area contributed by atoms with E-state index in [1.54, 1.807) is 11.8 Å². The smallest absolute Gasteiger partial charge is 0.243 e. The Morgan fingerprint density at radius 3 is 1.97 bits per heavy atom. The highest BCUT2D eigenvalue weighted by atomic mass is 32.2. The fraction of sp³-hybridized carbons (Fsp3) is 0.636. The summed E-state index contributed by atoms with van der Waals surface area (Å²) in [5.74, 6) is -0.0778. The van der Waals surface area contributed by atoms with Gasteiger partial charge in [-0.25, -0.2) is 8.42 Å². The Kier molecular flexibility index (Phi) is 6.87. The number of carbonyl (C=O) groups excluding carboxylic acids is 2. The first-order valence-electron chi connectivity index (χ1n) is 10.7. The van der Waals surface area contributed by atoms with Crippen molar-refractivity contribution in [3.05, 3.63) is 28.8 Å². The molecule has 0 saturated carbocycles. The average molecular weight is 436 g/mol. The molecule has 30 heavy (non-hydrogen) atoms. The zero-order valence-corrected chi connectivity index (χ0v) is 19.2. The number of hydrogen-bond donors (Lipinski definition) is 1. The number of sulfonamides is 1. The maximum Gasteiger partial charge on any atom is 0.243 e. The number of rotatable bonds is 4. The molecule has 1 N–H and O–H groups in total. The van der Waals surface area contributed by atoms with Gasteiger partial charge in [0.05, 0.1) is 4.90 Å². The van der Waals surface area contributed by atoms with Crippen molar-refractivity contribution in [2.45, 2.75) is 64.3 Å². The van der Waals surface area contributed by atoms with E-state index in [0.29, 0.717) is 43.9 Å². The lowest BCUT2D eigenvalue weighted by atomic mass is 9.96. The Hall–Kier alpha value is -1.93. The molecular formula is C22H33N3O4S. The summed E-state index contributed by atoms with van der Waals surface area (Å²) in [6.45, 7) is 9.27. The van der Waals surface area contributed by atoms with E-state index in [0.717, 1.165) is 29.5 Å². The second-order valence-electron chi connectivity index (χ2n) is 8.70. The van der Waals surface area contributed by atoms with Crippen molar-refractivity contribution in [1.82, 2.24) is 14.5 Å². The Labute approximate surface area is 179 Å². The van der Waals surface area contributed by atoms with Gasteiger partial charge in [0.25, 0.3) is 0 Å². The molecule has 0 atom stereocenters. The third-order valence-corrected chi connectivity index (χ3v) is 8.52. The van der Waals surface area contributed by atoms with Gasteiger partial charge in [-0.1, -0.05) is 17.7 Å². The number of piperidine rings is 2. The van der Waals surface area contributed by atoms with Crippen LogP contribution in [0.2, 0.25) is 0 Å². The topological polar surface area (TPSA) is 86.8 Å². The predicted octanol–water partition coefficient (Wildman–Crippen LogP) is 2.14. The van der Waals surface area contributed by atoms with Crippen LogP contribution in [0.15, 0.2) is 17.0 Å². The summed E-state index contributed by atoms with van der Waals surface area (Å²) in [5, 5.41) is 3.11. The van der Waals surface area contributed by atoms with Crippen molar-refractivity contribution in [3.63, 3.8) is 0 Å². The minimum Gasteiger partial charge on any atom is -0.353 e. The van der Waals surface area contributed by atoms with Crippen LogP contribution in [0.5, 0.6) is 0 Å². The second kappa shape index (κ2) is 9.06. The van der Waals surface area contributed by atoms with E-state index in [-0.39, 0.29) is 23.8 Å². The Morgan fingerprint density at radius 1 is 0.933 bits per heavy atom. The fourth-order valence-corrected chi connectivity index (χ4v) is 6.60. The fourth-order valence-electron chi connectivity index (χ4n) is 4.72. The monoisotopic (exact) mass is 435 g/mol. The van der Waals surface area contributed by atoms with Gasteiger partial charge in [0.2, 0.25) is 21.8 Å². The number of amides is 2. The molecule has 0 bridgehead atoms. The lowest BCUT2D eigenvalue weighted by molar-refractivity contribution is -0.130. The van der Waals surface area contributed by atoms with Crippen LogP contribution in [0.4, 0.5) is 0 Å². The number of nitrogens with one attached hydrogen (secondary N) is 1. The number of benzene rings is 1. The van der Waals surface area contributed by atoms with Crippen LogP contribution < -0.4 is 5.32 Å². The first-order chi connectivity index (χ1) is 14.1. The number of nitrogens with zero attached hydrogens (tertiary/aromatic N) is 2. The maximum atomic E-state index is 13.2. The van der Waals surface area contributed by atoms with E-state index in [1.165, 1.54) is 4.31 Å². The van der Waals surface area contributed by atoms with Crippen molar-refractivity contribution >= 4 is 21.8 Å². The molecule has 2 heterocycles. The van der Waals surface area contributed by atoms with Crippen molar-refractivity contribution in [1.29, 1.82) is 0 Å². The molecule has 1 aromatic carbocycles. The third-order valence-electron chi connectivity index (χ3n) is 6.31. The van der Waals surface area contributed by atoms with Gasteiger partial charge in [-0.2, -0.15) is 4.31 Å². The lowest BCUT2D eigenvalue weighted by Gasteiger charge is -2.34. The van der Waals surface area contributed by atoms with E-state index in [1.807, 2.05) is 32.9 Å². The molecule has 2 aliphatic heterocycles. The number of aryl methyl sites for hydroxylation is 3. The maximum absolute atomic E-state index is 13.2. The molecule has 0 radical (unpaired) electrons. The van der Waals surface area contributed by atoms with Crippen LogP contribution in [0.25, 0.3) is 0 Å². The third kappa shape index (κ3) is 4.86. The minimum absolute atomic E-state index is 0.0102. The summed E-state index contributed by atoms with van der Waals surface area (Å²) >= 11 is 0. The van der Waals surface area contributed by atoms with E-state index in [9.17, 15) is 18.0 Å². The SMILES string of the molecule is CC(=O)N1CCC(NC(=O)C2CCN(S(=O)(=O)c3c(C)cc(C)cc3C)CC2)CC1. The van der Waals surface area contributed by atoms with Crippen molar-refractivity contribution in [3.8, 4) is 0 Å².